The number of benzene rings is 2. The van der Waals surface area contributed by atoms with Gasteiger partial charge in [0.25, 0.3) is 0 Å². The zero-order valence-electron chi connectivity index (χ0n) is 14.0. The summed E-state index contributed by atoms with van der Waals surface area (Å²) in [6.07, 6.45) is 1.86. The molecule has 0 saturated heterocycles. The normalized spacial score (nSPS) is 11.0. The monoisotopic (exact) mass is 382 g/mol. The lowest BCUT2D eigenvalue weighted by Crippen LogP contribution is -2.00. The smallest absolute Gasteiger partial charge is 0.226 e. The van der Waals surface area contributed by atoms with E-state index in [-0.39, 0.29) is 0 Å². The first kappa shape index (κ1) is 16.9. The van der Waals surface area contributed by atoms with E-state index in [1.807, 2.05) is 48.7 Å². The molecule has 26 heavy (non-hydrogen) atoms. The molecular weight excluding hydrogens is 368 g/mol. The van der Waals surface area contributed by atoms with E-state index in [1.165, 1.54) is 11.8 Å². The summed E-state index contributed by atoms with van der Waals surface area (Å²) in [7, 11) is 0. The van der Waals surface area contributed by atoms with Crippen molar-refractivity contribution in [3.8, 4) is 16.9 Å². The van der Waals surface area contributed by atoms with Gasteiger partial charge in [-0.1, -0.05) is 65.8 Å². The van der Waals surface area contributed by atoms with Crippen LogP contribution in [0.2, 0.25) is 5.02 Å². The first-order chi connectivity index (χ1) is 12.7. The highest BCUT2D eigenvalue weighted by Gasteiger charge is 2.17. The molecule has 0 aliphatic heterocycles. The molecule has 0 aliphatic carbocycles. The molecule has 4 rings (SSSR count). The van der Waals surface area contributed by atoms with Crippen LogP contribution in [0.5, 0.6) is 0 Å². The van der Waals surface area contributed by atoms with E-state index >= 15 is 0 Å². The standard InChI is InChI=1S/C19H15ClN4OS/c1-13-22-23-18(25-13)12-26-19-21-11-17(14-7-3-2-4-8-14)24(19)16-10-6-5-9-15(16)20/h2-11H,12H2,1H3. The minimum Gasteiger partial charge on any atom is -0.425 e. The molecule has 0 saturated carbocycles. The average Bonchev–Trinajstić information content (AvgIpc) is 3.27. The second kappa shape index (κ2) is 7.35. The Morgan fingerprint density at radius 2 is 1.81 bits per heavy atom. The minimum absolute atomic E-state index is 0.538. The summed E-state index contributed by atoms with van der Waals surface area (Å²) in [5.41, 5.74) is 2.93. The van der Waals surface area contributed by atoms with Crippen LogP contribution < -0.4 is 0 Å². The number of aryl methyl sites for hydroxylation is 1. The summed E-state index contributed by atoms with van der Waals surface area (Å²) in [5, 5.41) is 9.39. The van der Waals surface area contributed by atoms with Crippen molar-refractivity contribution < 1.29 is 4.42 Å². The fraction of sp³-hybridized carbons (Fsp3) is 0.105. The quantitative estimate of drug-likeness (QED) is 0.445. The Morgan fingerprint density at radius 1 is 1.04 bits per heavy atom. The molecule has 0 amide bonds. The van der Waals surface area contributed by atoms with E-state index in [2.05, 4.69) is 31.9 Å². The van der Waals surface area contributed by atoms with Crippen molar-refractivity contribution in [2.45, 2.75) is 17.8 Å². The van der Waals surface area contributed by atoms with Crippen LogP contribution in [0, 0.1) is 6.92 Å². The van der Waals surface area contributed by atoms with Crippen molar-refractivity contribution in [1.29, 1.82) is 0 Å². The highest BCUT2D eigenvalue weighted by molar-refractivity contribution is 7.98. The van der Waals surface area contributed by atoms with Gasteiger partial charge in [-0.05, 0) is 12.1 Å². The maximum Gasteiger partial charge on any atom is 0.226 e. The lowest BCUT2D eigenvalue weighted by molar-refractivity contribution is 0.485. The Hall–Kier alpha value is -2.57. The first-order valence-corrected chi connectivity index (χ1v) is 9.38. The van der Waals surface area contributed by atoms with Crippen LogP contribution in [0.1, 0.15) is 11.8 Å². The SMILES string of the molecule is Cc1nnc(CSc2ncc(-c3ccccc3)n2-c2ccccc2Cl)o1. The number of nitrogens with zero attached hydrogens (tertiary/aromatic N) is 4. The first-order valence-electron chi connectivity index (χ1n) is 8.02. The Balaban J connectivity index is 1.77. The van der Waals surface area contributed by atoms with E-state index in [0.717, 1.165) is 22.1 Å². The van der Waals surface area contributed by atoms with Gasteiger partial charge < -0.3 is 4.42 Å². The third-order valence-corrected chi connectivity index (χ3v) is 5.04. The number of aromatic nitrogens is 4. The second-order valence-electron chi connectivity index (χ2n) is 5.58. The lowest BCUT2D eigenvalue weighted by atomic mass is 10.1. The Bertz CT molecular complexity index is 1030. The van der Waals surface area contributed by atoms with Gasteiger partial charge in [-0.25, -0.2) is 4.98 Å². The van der Waals surface area contributed by atoms with E-state index in [0.29, 0.717) is 22.6 Å². The Morgan fingerprint density at radius 3 is 2.54 bits per heavy atom. The van der Waals surface area contributed by atoms with E-state index in [4.69, 9.17) is 16.0 Å². The maximum absolute atomic E-state index is 6.47. The molecule has 0 radical (unpaired) electrons. The molecule has 2 aromatic heterocycles. The number of hydrogen-bond acceptors (Lipinski definition) is 5. The highest BCUT2D eigenvalue weighted by atomic mass is 35.5. The topological polar surface area (TPSA) is 56.7 Å². The van der Waals surface area contributed by atoms with Crippen molar-refractivity contribution in [1.82, 2.24) is 19.7 Å². The molecule has 7 heteroatoms. The van der Waals surface area contributed by atoms with Gasteiger partial charge in [-0.2, -0.15) is 0 Å². The molecule has 130 valence electrons. The van der Waals surface area contributed by atoms with Crippen molar-refractivity contribution >= 4 is 23.4 Å². The molecule has 0 bridgehead atoms. The predicted octanol–water partition coefficient (Wildman–Crippen LogP) is 5.18. The number of rotatable bonds is 5. The Kier molecular flexibility index (Phi) is 4.77. The van der Waals surface area contributed by atoms with Crippen LogP contribution in [-0.2, 0) is 5.75 Å². The summed E-state index contributed by atoms with van der Waals surface area (Å²) in [6, 6.07) is 17.9. The van der Waals surface area contributed by atoms with Crippen molar-refractivity contribution in [3.63, 3.8) is 0 Å². The van der Waals surface area contributed by atoms with Gasteiger partial charge >= 0.3 is 0 Å². The van der Waals surface area contributed by atoms with Crippen LogP contribution in [0.15, 0.2) is 70.4 Å². The number of para-hydroxylation sites is 1. The van der Waals surface area contributed by atoms with E-state index in [1.54, 1.807) is 6.92 Å². The van der Waals surface area contributed by atoms with Gasteiger partial charge in [0.15, 0.2) is 5.16 Å². The third-order valence-electron chi connectivity index (χ3n) is 3.78. The van der Waals surface area contributed by atoms with Gasteiger partial charge in [0.2, 0.25) is 11.8 Å². The molecule has 4 aromatic rings. The summed E-state index contributed by atoms with van der Waals surface area (Å²) in [5.74, 6) is 1.67. The molecule has 0 fully saturated rings. The summed E-state index contributed by atoms with van der Waals surface area (Å²) in [4.78, 5) is 4.61. The maximum atomic E-state index is 6.47. The molecule has 0 unspecified atom stereocenters. The van der Waals surface area contributed by atoms with Gasteiger partial charge in [-0.15, -0.1) is 10.2 Å². The molecule has 0 spiro atoms. The summed E-state index contributed by atoms with van der Waals surface area (Å²) in [6.45, 7) is 1.78. The zero-order valence-corrected chi connectivity index (χ0v) is 15.5. The number of halogens is 1. The van der Waals surface area contributed by atoms with Crippen molar-refractivity contribution in [2.75, 3.05) is 0 Å². The van der Waals surface area contributed by atoms with Crippen molar-refractivity contribution in [3.05, 3.63) is 77.6 Å². The van der Waals surface area contributed by atoms with Gasteiger partial charge in [-0.3, -0.25) is 4.57 Å². The average molecular weight is 383 g/mol. The molecule has 0 atom stereocenters. The number of imidazole rings is 1. The second-order valence-corrected chi connectivity index (χ2v) is 6.93. The molecule has 0 N–H and O–H groups in total. The fourth-order valence-corrected chi connectivity index (χ4v) is 3.68. The van der Waals surface area contributed by atoms with E-state index in [9.17, 15) is 0 Å². The van der Waals surface area contributed by atoms with Crippen LogP contribution in [0.4, 0.5) is 0 Å². The number of thioether (sulfide) groups is 1. The highest BCUT2D eigenvalue weighted by Crippen LogP contribution is 2.33. The zero-order chi connectivity index (χ0) is 17.9. The molecule has 2 aromatic carbocycles. The van der Waals surface area contributed by atoms with Gasteiger partial charge in [0.1, 0.15) is 0 Å². The predicted molar refractivity (Wildman–Crippen MR) is 103 cm³/mol. The van der Waals surface area contributed by atoms with E-state index < -0.39 is 0 Å². The summed E-state index contributed by atoms with van der Waals surface area (Å²) >= 11 is 8.00. The fourth-order valence-electron chi connectivity index (χ4n) is 2.64. The van der Waals surface area contributed by atoms with Crippen LogP contribution in [0.3, 0.4) is 0 Å². The third kappa shape index (κ3) is 3.38. The minimum atomic E-state index is 0.538. The van der Waals surface area contributed by atoms with Crippen LogP contribution in [-0.4, -0.2) is 19.7 Å². The van der Waals surface area contributed by atoms with Gasteiger partial charge in [0.05, 0.1) is 28.4 Å². The molecular formula is C19H15ClN4OS. The van der Waals surface area contributed by atoms with Crippen LogP contribution in [0.25, 0.3) is 16.9 Å². The van der Waals surface area contributed by atoms with Gasteiger partial charge in [0, 0.05) is 12.5 Å². The molecule has 2 heterocycles. The van der Waals surface area contributed by atoms with Crippen LogP contribution >= 0.6 is 23.4 Å². The Labute approximate surface area is 160 Å². The molecule has 5 nitrogen and oxygen atoms in total. The summed E-state index contributed by atoms with van der Waals surface area (Å²) < 4.78 is 7.52. The largest absolute Gasteiger partial charge is 0.425 e. The molecule has 0 aliphatic rings. The van der Waals surface area contributed by atoms with Crippen molar-refractivity contribution in [2.24, 2.45) is 0 Å². The number of hydrogen-bond donors (Lipinski definition) is 0. The lowest BCUT2D eigenvalue weighted by Gasteiger charge is -2.13.